The van der Waals surface area contributed by atoms with Crippen LogP contribution in [0.25, 0.3) is 22.0 Å². The SMILES string of the molecule is CCn1cc(CC(=O)NCc2ccccc2-c2ccc(Cn3ccnc3)cc2)c2ccccc21. The summed E-state index contributed by atoms with van der Waals surface area (Å²) in [5.74, 6) is 0.0319. The number of aromatic nitrogens is 3. The Morgan fingerprint density at radius 3 is 2.53 bits per heavy atom. The van der Waals surface area contributed by atoms with Gasteiger partial charge in [-0.05, 0) is 40.8 Å². The van der Waals surface area contributed by atoms with Crippen LogP contribution < -0.4 is 5.32 Å². The maximum absolute atomic E-state index is 12.8. The van der Waals surface area contributed by atoms with E-state index in [0.29, 0.717) is 13.0 Å². The summed E-state index contributed by atoms with van der Waals surface area (Å²) < 4.78 is 4.25. The van der Waals surface area contributed by atoms with Gasteiger partial charge < -0.3 is 14.5 Å². The monoisotopic (exact) mass is 448 g/mol. The minimum absolute atomic E-state index is 0.0319. The number of amides is 1. The van der Waals surface area contributed by atoms with Crippen LogP contribution in [-0.4, -0.2) is 20.0 Å². The van der Waals surface area contributed by atoms with Crippen molar-refractivity contribution < 1.29 is 4.79 Å². The van der Waals surface area contributed by atoms with Gasteiger partial charge in [-0.25, -0.2) is 4.98 Å². The Morgan fingerprint density at radius 2 is 1.74 bits per heavy atom. The molecule has 0 saturated heterocycles. The van der Waals surface area contributed by atoms with Crippen LogP contribution in [-0.2, 0) is 30.8 Å². The van der Waals surface area contributed by atoms with Gasteiger partial charge in [-0.3, -0.25) is 4.79 Å². The van der Waals surface area contributed by atoms with Crippen LogP contribution in [0.1, 0.15) is 23.6 Å². The predicted octanol–water partition coefficient (Wildman–Crippen LogP) is 5.43. The summed E-state index contributed by atoms with van der Waals surface area (Å²) >= 11 is 0. The highest BCUT2D eigenvalue weighted by molar-refractivity contribution is 5.89. The second-order valence-electron chi connectivity index (χ2n) is 8.50. The van der Waals surface area contributed by atoms with Gasteiger partial charge in [-0.2, -0.15) is 0 Å². The van der Waals surface area contributed by atoms with Crippen LogP contribution in [0.4, 0.5) is 0 Å². The molecule has 5 rings (SSSR count). The molecule has 1 amide bonds. The highest BCUT2D eigenvalue weighted by atomic mass is 16.1. The van der Waals surface area contributed by atoms with E-state index in [2.05, 4.69) is 81.1 Å². The van der Waals surface area contributed by atoms with Crippen molar-refractivity contribution in [2.24, 2.45) is 0 Å². The fourth-order valence-corrected chi connectivity index (χ4v) is 4.49. The molecule has 5 aromatic rings. The number of para-hydroxylation sites is 1. The average Bonchev–Trinajstić information content (AvgIpc) is 3.51. The number of carbonyl (C=O) groups excluding carboxylic acids is 1. The normalized spacial score (nSPS) is 11.1. The number of nitrogens with one attached hydrogen (secondary N) is 1. The van der Waals surface area contributed by atoms with E-state index in [9.17, 15) is 4.79 Å². The van der Waals surface area contributed by atoms with Crippen LogP contribution in [0.5, 0.6) is 0 Å². The average molecular weight is 449 g/mol. The number of aryl methyl sites for hydroxylation is 1. The van der Waals surface area contributed by atoms with Gasteiger partial charge >= 0.3 is 0 Å². The second-order valence-corrected chi connectivity index (χ2v) is 8.50. The summed E-state index contributed by atoms with van der Waals surface area (Å²) in [6.07, 6.45) is 8.06. The van der Waals surface area contributed by atoms with Gasteiger partial charge in [0.05, 0.1) is 12.7 Å². The van der Waals surface area contributed by atoms with Crippen molar-refractivity contribution in [1.82, 2.24) is 19.4 Å². The molecule has 1 N–H and O–H groups in total. The molecule has 0 aliphatic carbocycles. The Bertz CT molecular complexity index is 1400. The molecule has 0 aliphatic heterocycles. The minimum Gasteiger partial charge on any atom is -0.352 e. The van der Waals surface area contributed by atoms with Gasteiger partial charge in [0, 0.05) is 49.1 Å². The van der Waals surface area contributed by atoms with E-state index in [1.165, 1.54) is 11.1 Å². The molecule has 0 aliphatic rings. The summed E-state index contributed by atoms with van der Waals surface area (Å²) in [5.41, 5.74) is 6.85. The molecule has 0 spiro atoms. The molecule has 0 fully saturated rings. The van der Waals surface area contributed by atoms with Gasteiger partial charge in [0.1, 0.15) is 0 Å². The number of fused-ring (bicyclic) bond motifs is 1. The van der Waals surface area contributed by atoms with E-state index in [-0.39, 0.29) is 5.91 Å². The number of rotatable bonds is 8. The Morgan fingerprint density at radius 1 is 0.941 bits per heavy atom. The van der Waals surface area contributed by atoms with E-state index >= 15 is 0 Å². The number of nitrogens with zero attached hydrogens (tertiary/aromatic N) is 3. The van der Waals surface area contributed by atoms with Gasteiger partial charge in [-0.1, -0.05) is 66.7 Å². The molecule has 2 heterocycles. The lowest BCUT2D eigenvalue weighted by Crippen LogP contribution is -2.24. The number of carbonyl (C=O) groups is 1. The maximum Gasteiger partial charge on any atom is 0.224 e. The van der Waals surface area contributed by atoms with Crippen molar-refractivity contribution in [3.63, 3.8) is 0 Å². The quantitative estimate of drug-likeness (QED) is 0.344. The van der Waals surface area contributed by atoms with Crippen molar-refractivity contribution in [2.75, 3.05) is 0 Å². The summed E-state index contributed by atoms with van der Waals surface area (Å²) in [6, 6.07) is 25.1. The zero-order valence-electron chi connectivity index (χ0n) is 19.3. The van der Waals surface area contributed by atoms with E-state index in [0.717, 1.165) is 40.7 Å². The number of imidazole rings is 1. The van der Waals surface area contributed by atoms with Gasteiger partial charge in [0.25, 0.3) is 0 Å². The third-order valence-corrected chi connectivity index (χ3v) is 6.25. The van der Waals surface area contributed by atoms with Crippen LogP contribution >= 0.6 is 0 Å². The number of hydrogen-bond donors (Lipinski definition) is 1. The molecular formula is C29H28N4O. The molecular weight excluding hydrogens is 420 g/mol. The smallest absolute Gasteiger partial charge is 0.224 e. The third kappa shape index (κ3) is 4.64. The summed E-state index contributed by atoms with van der Waals surface area (Å²) in [5, 5.41) is 4.28. The number of hydrogen-bond acceptors (Lipinski definition) is 2. The van der Waals surface area contributed by atoms with Crippen molar-refractivity contribution in [3.05, 3.63) is 114 Å². The number of benzene rings is 3. The standard InChI is InChI=1S/C29H28N4O/c1-2-33-20-25(27-9-5-6-10-28(27)33)17-29(34)31-18-24-7-3-4-8-26(24)23-13-11-22(12-14-23)19-32-16-15-30-21-32/h3-16,20-21H,2,17-19H2,1H3,(H,31,34). The molecule has 170 valence electrons. The lowest BCUT2D eigenvalue weighted by atomic mass is 9.98. The Kier molecular flexibility index (Phi) is 6.25. The van der Waals surface area contributed by atoms with Gasteiger partial charge in [-0.15, -0.1) is 0 Å². The topological polar surface area (TPSA) is 51.9 Å². The Hall–Kier alpha value is -4.12. The molecule has 34 heavy (non-hydrogen) atoms. The van der Waals surface area contributed by atoms with E-state index in [4.69, 9.17) is 0 Å². The van der Waals surface area contributed by atoms with Crippen molar-refractivity contribution >= 4 is 16.8 Å². The molecule has 5 heteroatoms. The largest absolute Gasteiger partial charge is 0.352 e. The molecule has 3 aromatic carbocycles. The lowest BCUT2D eigenvalue weighted by molar-refractivity contribution is -0.120. The molecule has 5 nitrogen and oxygen atoms in total. The zero-order chi connectivity index (χ0) is 23.3. The van der Waals surface area contributed by atoms with Crippen molar-refractivity contribution in [2.45, 2.75) is 33.0 Å². The van der Waals surface area contributed by atoms with Crippen molar-refractivity contribution in [1.29, 1.82) is 0 Å². The molecule has 0 radical (unpaired) electrons. The van der Waals surface area contributed by atoms with Crippen molar-refractivity contribution in [3.8, 4) is 11.1 Å². The summed E-state index contributed by atoms with van der Waals surface area (Å²) in [6.45, 7) is 4.30. The van der Waals surface area contributed by atoms with E-state index in [1.807, 2.05) is 36.8 Å². The highest BCUT2D eigenvalue weighted by Gasteiger charge is 2.12. The fraction of sp³-hybridized carbons (Fsp3) is 0.172. The first-order chi connectivity index (χ1) is 16.7. The highest BCUT2D eigenvalue weighted by Crippen LogP contribution is 2.25. The maximum atomic E-state index is 12.8. The minimum atomic E-state index is 0.0319. The second kappa shape index (κ2) is 9.79. The molecule has 0 unspecified atom stereocenters. The van der Waals surface area contributed by atoms with Crippen LogP contribution in [0, 0.1) is 0 Å². The van der Waals surface area contributed by atoms with Crippen LogP contribution in [0.2, 0.25) is 0 Å². The van der Waals surface area contributed by atoms with E-state index in [1.54, 1.807) is 6.20 Å². The summed E-state index contributed by atoms with van der Waals surface area (Å²) in [7, 11) is 0. The van der Waals surface area contributed by atoms with Gasteiger partial charge in [0.15, 0.2) is 0 Å². The van der Waals surface area contributed by atoms with Crippen LogP contribution in [0.15, 0.2) is 97.7 Å². The zero-order valence-corrected chi connectivity index (χ0v) is 19.3. The first kappa shape index (κ1) is 21.7. The Balaban J connectivity index is 1.28. The molecule has 0 saturated carbocycles. The van der Waals surface area contributed by atoms with E-state index < -0.39 is 0 Å². The van der Waals surface area contributed by atoms with Crippen LogP contribution in [0.3, 0.4) is 0 Å². The first-order valence-electron chi connectivity index (χ1n) is 11.7. The molecule has 0 bridgehead atoms. The van der Waals surface area contributed by atoms with Gasteiger partial charge in [0.2, 0.25) is 5.91 Å². The predicted molar refractivity (Wildman–Crippen MR) is 136 cm³/mol. The molecule has 2 aromatic heterocycles. The lowest BCUT2D eigenvalue weighted by Gasteiger charge is -2.12. The first-order valence-corrected chi connectivity index (χ1v) is 11.7. The fourth-order valence-electron chi connectivity index (χ4n) is 4.49. The third-order valence-electron chi connectivity index (χ3n) is 6.25. The summed E-state index contributed by atoms with van der Waals surface area (Å²) in [4.78, 5) is 16.9. The Labute approximate surface area is 199 Å². The molecule has 0 atom stereocenters.